The molecular formula is C28H32F2N8. The molecule has 1 saturated heterocycles. The van der Waals surface area contributed by atoms with E-state index in [1.165, 1.54) is 25.5 Å². The Labute approximate surface area is 220 Å². The monoisotopic (exact) mass is 518 g/mol. The van der Waals surface area contributed by atoms with Gasteiger partial charge in [-0.2, -0.15) is 0 Å². The van der Waals surface area contributed by atoms with Gasteiger partial charge in [0.1, 0.15) is 23.0 Å². The van der Waals surface area contributed by atoms with Gasteiger partial charge in [-0.3, -0.25) is 4.90 Å². The van der Waals surface area contributed by atoms with Crippen molar-refractivity contribution in [1.82, 2.24) is 29.4 Å². The minimum atomic E-state index is -0.543. The summed E-state index contributed by atoms with van der Waals surface area (Å²) in [4.78, 5) is 22.3. The number of aromatic nitrogens is 5. The Morgan fingerprint density at radius 3 is 2.37 bits per heavy atom. The Balaban J connectivity index is 1.20. The van der Waals surface area contributed by atoms with Crippen molar-refractivity contribution in [2.75, 3.05) is 42.9 Å². The summed E-state index contributed by atoms with van der Waals surface area (Å²) in [5.74, 6) is 1.32. The maximum Gasteiger partial charge on any atom is 0.228 e. The van der Waals surface area contributed by atoms with Crippen molar-refractivity contribution in [1.29, 1.82) is 0 Å². The van der Waals surface area contributed by atoms with Crippen LogP contribution in [-0.4, -0.2) is 62.1 Å². The number of benzene rings is 1. The fourth-order valence-electron chi connectivity index (χ4n) is 5.32. The van der Waals surface area contributed by atoms with Gasteiger partial charge in [0, 0.05) is 44.3 Å². The van der Waals surface area contributed by atoms with Gasteiger partial charge in [-0.25, -0.2) is 28.7 Å². The van der Waals surface area contributed by atoms with Crippen LogP contribution in [0.2, 0.25) is 0 Å². The summed E-state index contributed by atoms with van der Waals surface area (Å²) in [6.45, 7) is 11.1. The van der Waals surface area contributed by atoms with Crippen molar-refractivity contribution >= 4 is 28.5 Å². The zero-order valence-electron chi connectivity index (χ0n) is 22.0. The molecular weight excluding hydrogens is 486 g/mol. The number of aryl methyl sites for hydroxylation is 1. The molecule has 3 aromatic heterocycles. The van der Waals surface area contributed by atoms with Crippen LogP contribution in [0.5, 0.6) is 0 Å². The molecule has 8 nitrogen and oxygen atoms in total. The van der Waals surface area contributed by atoms with Crippen LogP contribution in [0.1, 0.15) is 38.6 Å². The first kappa shape index (κ1) is 24.7. The smallest absolute Gasteiger partial charge is 0.228 e. The lowest BCUT2D eigenvalue weighted by Crippen LogP contribution is -2.47. The molecule has 1 aliphatic heterocycles. The average Bonchev–Trinajstić information content (AvgIpc) is 3.65. The van der Waals surface area contributed by atoms with Gasteiger partial charge in [0.25, 0.3) is 0 Å². The highest BCUT2D eigenvalue weighted by molar-refractivity contribution is 5.84. The first-order valence-corrected chi connectivity index (χ1v) is 13.3. The molecule has 4 heterocycles. The number of pyridine rings is 1. The molecule has 2 aliphatic rings. The van der Waals surface area contributed by atoms with Crippen LogP contribution in [-0.2, 0) is 0 Å². The number of rotatable bonds is 7. The Bertz CT molecular complexity index is 1450. The van der Waals surface area contributed by atoms with Crippen LogP contribution in [0.25, 0.3) is 22.2 Å². The lowest BCUT2D eigenvalue weighted by Gasteiger charge is -2.35. The molecule has 1 saturated carbocycles. The minimum absolute atomic E-state index is 0.0842. The van der Waals surface area contributed by atoms with E-state index in [1.54, 1.807) is 24.5 Å². The molecule has 0 bridgehead atoms. The Morgan fingerprint density at radius 2 is 1.68 bits per heavy atom. The molecule has 1 aliphatic carbocycles. The van der Waals surface area contributed by atoms with E-state index < -0.39 is 11.6 Å². The first-order valence-electron chi connectivity index (χ1n) is 13.3. The van der Waals surface area contributed by atoms with Crippen LogP contribution >= 0.6 is 0 Å². The van der Waals surface area contributed by atoms with E-state index >= 15 is 0 Å². The van der Waals surface area contributed by atoms with Crippen LogP contribution in [0.3, 0.4) is 0 Å². The molecule has 198 valence electrons. The van der Waals surface area contributed by atoms with Gasteiger partial charge in [-0.05, 0) is 63.3 Å². The maximum absolute atomic E-state index is 15.0. The first-order chi connectivity index (χ1) is 18.4. The second-order valence-electron chi connectivity index (χ2n) is 10.6. The average molecular weight is 519 g/mol. The third-order valence-corrected chi connectivity index (χ3v) is 7.44. The molecule has 0 unspecified atom stereocenters. The largest absolute Gasteiger partial charge is 0.366 e. The molecule has 38 heavy (non-hydrogen) atoms. The standard InChI is InChI=1S/C28H32F2N8/c1-17(2)38-18(3)34-27-23(29)10-20(11-25(27)38)22-12-26(31-15-24(22)30)35-28-32-13-21(14-33-28)37-8-6-36(7-9-37)16-19-4-5-19/h10-15,17,19H,4-9,16H2,1-3H3,(H,31,32,33,35). The third-order valence-electron chi connectivity index (χ3n) is 7.44. The van der Waals surface area contributed by atoms with E-state index in [0.29, 0.717) is 28.7 Å². The molecule has 1 aromatic carbocycles. The fraction of sp³-hybridized carbons (Fsp3) is 0.429. The molecule has 0 spiro atoms. The number of piperazine rings is 1. The van der Waals surface area contributed by atoms with E-state index in [2.05, 4.69) is 35.1 Å². The van der Waals surface area contributed by atoms with Crippen LogP contribution in [0.4, 0.5) is 26.2 Å². The summed E-state index contributed by atoms with van der Waals surface area (Å²) in [6.07, 6.45) is 7.48. The lowest BCUT2D eigenvalue weighted by atomic mass is 10.0. The summed E-state index contributed by atoms with van der Waals surface area (Å²) in [7, 11) is 0. The predicted molar refractivity (Wildman–Crippen MR) is 145 cm³/mol. The fourth-order valence-corrected chi connectivity index (χ4v) is 5.32. The van der Waals surface area contributed by atoms with E-state index in [0.717, 1.165) is 44.0 Å². The molecule has 0 amide bonds. The number of fused-ring (bicyclic) bond motifs is 1. The highest BCUT2D eigenvalue weighted by atomic mass is 19.1. The van der Waals surface area contributed by atoms with Crippen molar-refractivity contribution in [2.45, 2.75) is 39.7 Å². The third kappa shape index (κ3) is 4.92. The number of anilines is 3. The van der Waals surface area contributed by atoms with Gasteiger partial charge in [-0.1, -0.05) is 0 Å². The number of halogens is 2. The summed E-state index contributed by atoms with van der Waals surface area (Å²) < 4.78 is 31.8. The second-order valence-corrected chi connectivity index (χ2v) is 10.6. The van der Waals surface area contributed by atoms with Crippen molar-refractivity contribution in [2.24, 2.45) is 5.92 Å². The zero-order valence-corrected chi connectivity index (χ0v) is 22.0. The molecule has 10 heteroatoms. The van der Waals surface area contributed by atoms with Gasteiger partial charge < -0.3 is 14.8 Å². The Morgan fingerprint density at radius 1 is 0.947 bits per heavy atom. The molecule has 2 fully saturated rings. The lowest BCUT2D eigenvalue weighted by molar-refractivity contribution is 0.248. The number of nitrogens with one attached hydrogen (secondary N) is 1. The quantitative estimate of drug-likeness (QED) is 0.354. The number of nitrogens with zero attached hydrogens (tertiary/aromatic N) is 7. The molecule has 0 radical (unpaired) electrons. The van der Waals surface area contributed by atoms with Crippen molar-refractivity contribution in [3.05, 3.63) is 54.2 Å². The summed E-state index contributed by atoms with van der Waals surface area (Å²) in [5, 5.41) is 3.05. The van der Waals surface area contributed by atoms with Crippen LogP contribution in [0.15, 0.2) is 36.8 Å². The predicted octanol–water partition coefficient (Wildman–Crippen LogP) is 5.33. The summed E-state index contributed by atoms with van der Waals surface area (Å²) >= 11 is 0. The summed E-state index contributed by atoms with van der Waals surface area (Å²) in [6, 6.07) is 4.73. The van der Waals surface area contributed by atoms with Crippen molar-refractivity contribution in [3.8, 4) is 11.1 Å². The van der Waals surface area contributed by atoms with E-state index in [1.807, 2.05) is 25.3 Å². The van der Waals surface area contributed by atoms with Gasteiger partial charge in [-0.15, -0.1) is 0 Å². The van der Waals surface area contributed by atoms with Crippen molar-refractivity contribution in [3.63, 3.8) is 0 Å². The molecule has 0 atom stereocenters. The van der Waals surface area contributed by atoms with Gasteiger partial charge in [0.05, 0.1) is 29.8 Å². The summed E-state index contributed by atoms with van der Waals surface area (Å²) in [5.41, 5.74) is 2.54. The van der Waals surface area contributed by atoms with E-state index in [9.17, 15) is 8.78 Å². The molecule has 6 rings (SSSR count). The second kappa shape index (κ2) is 9.90. The molecule has 4 aromatic rings. The van der Waals surface area contributed by atoms with Crippen molar-refractivity contribution < 1.29 is 8.78 Å². The van der Waals surface area contributed by atoms with E-state index in [4.69, 9.17) is 0 Å². The van der Waals surface area contributed by atoms with E-state index in [-0.39, 0.29) is 17.1 Å². The maximum atomic E-state index is 15.0. The highest BCUT2D eigenvalue weighted by Crippen LogP contribution is 2.32. The number of imidazole rings is 1. The van der Waals surface area contributed by atoms with Crippen LogP contribution in [0, 0.1) is 24.5 Å². The topological polar surface area (TPSA) is 75.0 Å². The zero-order chi connectivity index (χ0) is 26.4. The van der Waals surface area contributed by atoms with Gasteiger partial charge in [0.15, 0.2) is 5.82 Å². The van der Waals surface area contributed by atoms with Gasteiger partial charge in [0.2, 0.25) is 5.95 Å². The molecule has 1 N–H and O–H groups in total. The van der Waals surface area contributed by atoms with Crippen LogP contribution < -0.4 is 10.2 Å². The Kier molecular flexibility index (Phi) is 6.43. The Hall–Kier alpha value is -3.66. The minimum Gasteiger partial charge on any atom is -0.366 e. The van der Waals surface area contributed by atoms with Gasteiger partial charge >= 0.3 is 0 Å². The SMILES string of the molecule is Cc1nc2c(F)cc(-c3cc(Nc4ncc(N5CCN(CC6CC6)CC5)cn4)ncc3F)cc2n1C(C)C. The number of hydrogen-bond donors (Lipinski definition) is 1. The number of hydrogen-bond acceptors (Lipinski definition) is 7. The highest BCUT2D eigenvalue weighted by Gasteiger charge is 2.26. The normalized spacial score (nSPS) is 16.5.